The van der Waals surface area contributed by atoms with Crippen LogP contribution in [0.1, 0.15) is 28.9 Å². The van der Waals surface area contributed by atoms with Gasteiger partial charge in [-0.05, 0) is 25.0 Å². The molecule has 5 rings (SSSR count). The summed E-state index contributed by atoms with van der Waals surface area (Å²) < 4.78 is 43.1. The number of carbonyl (C=O) groups is 2. The molecule has 2 N–H and O–H groups in total. The first kappa shape index (κ1) is 22.3. The first-order valence-electron chi connectivity index (χ1n) is 10.5. The van der Waals surface area contributed by atoms with Crippen molar-refractivity contribution in [2.75, 3.05) is 13.1 Å². The summed E-state index contributed by atoms with van der Waals surface area (Å²) in [6.07, 6.45) is -1.17. The van der Waals surface area contributed by atoms with E-state index in [0.717, 1.165) is 21.4 Å². The minimum atomic E-state index is -4.74. The zero-order chi connectivity index (χ0) is 24.2. The molecule has 0 atom stereocenters. The van der Waals surface area contributed by atoms with E-state index < -0.39 is 35.2 Å². The predicted octanol–water partition coefficient (Wildman–Crippen LogP) is 5.09. The van der Waals surface area contributed by atoms with Gasteiger partial charge in [0.15, 0.2) is 11.3 Å². The Bertz CT molecular complexity index is 1430. The molecule has 0 radical (unpaired) electrons. The first-order chi connectivity index (χ1) is 16.1. The zero-order valence-corrected chi connectivity index (χ0v) is 18.3. The third-order valence-electron chi connectivity index (χ3n) is 6.20. The van der Waals surface area contributed by atoms with Crippen LogP contribution in [0.25, 0.3) is 27.7 Å². The number of nitrogens with one attached hydrogen (secondary N) is 1. The molecule has 0 aliphatic carbocycles. The molecule has 3 aromatic heterocycles. The lowest BCUT2D eigenvalue weighted by molar-refractivity contribution is -0.143. The maximum absolute atomic E-state index is 14.0. The number of para-hydroxylation sites is 1. The average Bonchev–Trinajstić information content (AvgIpc) is 3.39. The number of fused-ring (bicyclic) bond motifs is 2. The molecule has 1 saturated heterocycles. The Morgan fingerprint density at radius 2 is 1.88 bits per heavy atom. The molecule has 1 amide bonds. The van der Waals surface area contributed by atoms with Gasteiger partial charge < -0.3 is 15.0 Å². The Kier molecular flexibility index (Phi) is 5.27. The highest BCUT2D eigenvalue weighted by Gasteiger charge is 2.37. The van der Waals surface area contributed by atoms with Crippen molar-refractivity contribution in [3.05, 3.63) is 59.1 Å². The van der Waals surface area contributed by atoms with E-state index in [4.69, 9.17) is 16.7 Å². The van der Waals surface area contributed by atoms with E-state index in [0.29, 0.717) is 5.56 Å². The van der Waals surface area contributed by atoms with E-state index in [-0.39, 0.29) is 42.3 Å². The van der Waals surface area contributed by atoms with Crippen LogP contribution >= 0.6 is 11.6 Å². The second-order valence-corrected chi connectivity index (χ2v) is 8.60. The molecule has 4 aromatic rings. The largest absolute Gasteiger partial charge is 0.481 e. The van der Waals surface area contributed by atoms with Crippen LogP contribution in [0.4, 0.5) is 13.2 Å². The lowest BCUT2D eigenvalue weighted by Crippen LogP contribution is -2.40. The molecule has 7 nitrogen and oxygen atoms in total. The quantitative estimate of drug-likeness (QED) is 0.418. The number of rotatable bonds is 3. The molecule has 176 valence electrons. The standard InChI is InChI=1S/C23H18ClF3N4O3/c24-19-18(21(32)30-7-5-12(6-8-30)22(33)34)29-20-16(23(25,26)27)9-13(11-31(19)20)15-10-28-17-4-2-1-3-14(15)17/h1-4,9-12,28H,5-8H2,(H,33,34). The minimum absolute atomic E-state index is 0.159. The number of nitrogens with zero attached hydrogens (tertiary/aromatic N) is 3. The van der Waals surface area contributed by atoms with Gasteiger partial charge in [0.25, 0.3) is 5.91 Å². The highest BCUT2D eigenvalue weighted by Crippen LogP contribution is 2.38. The van der Waals surface area contributed by atoms with Crippen molar-refractivity contribution < 1.29 is 27.9 Å². The van der Waals surface area contributed by atoms with Crippen LogP contribution in [0, 0.1) is 5.92 Å². The molecule has 0 spiro atoms. The topological polar surface area (TPSA) is 90.7 Å². The van der Waals surface area contributed by atoms with E-state index in [1.54, 1.807) is 18.3 Å². The highest BCUT2D eigenvalue weighted by atomic mass is 35.5. The lowest BCUT2D eigenvalue weighted by atomic mass is 9.97. The van der Waals surface area contributed by atoms with Crippen LogP contribution in [-0.2, 0) is 11.0 Å². The summed E-state index contributed by atoms with van der Waals surface area (Å²) in [6, 6.07) is 8.22. The van der Waals surface area contributed by atoms with Gasteiger partial charge >= 0.3 is 12.1 Å². The summed E-state index contributed by atoms with van der Waals surface area (Å²) in [6.45, 7) is 0.319. The molecule has 0 saturated carbocycles. The smallest absolute Gasteiger partial charge is 0.420 e. The Hall–Kier alpha value is -3.53. The molecule has 1 aromatic carbocycles. The van der Waals surface area contributed by atoms with Crippen molar-refractivity contribution in [3.63, 3.8) is 0 Å². The number of piperidine rings is 1. The van der Waals surface area contributed by atoms with Crippen LogP contribution in [0.15, 0.2) is 42.7 Å². The summed E-state index contributed by atoms with van der Waals surface area (Å²) >= 11 is 6.41. The van der Waals surface area contributed by atoms with E-state index in [2.05, 4.69) is 9.97 Å². The number of halogens is 4. The number of imidazole rings is 1. The summed E-state index contributed by atoms with van der Waals surface area (Å²) in [7, 11) is 0. The van der Waals surface area contributed by atoms with Crippen LogP contribution in [0.3, 0.4) is 0 Å². The fourth-order valence-electron chi connectivity index (χ4n) is 4.40. The van der Waals surface area contributed by atoms with Crippen molar-refractivity contribution in [2.24, 2.45) is 5.92 Å². The van der Waals surface area contributed by atoms with Crippen LogP contribution < -0.4 is 0 Å². The molecular weight excluding hydrogens is 473 g/mol. The van der Waals surface area contributed by atoms with E-state index >= 15 is 0 Å². The van der Waals surface area contributed by atoms with Gasteiger partial charge in [0.05, 0.1) is 11.5 Å². The van der Waals surface area contributed by atoms with Crippen molar-refractivity contribution in [1.82, 2.24) is 19.3 Å². The number of hydrogen-bond donors (Lipinski definition) is 2. The molecular formula is C23H18ClF3N4O3. The summed E-state index contributed by atoms with van der Waals surface area (Å²) in [5.74, 6) is -2.12. The monoisotopic (exact) mass is 490 g/mol. The molecule has 1 fully saturated rings. The normalized spacial score (nSPS) is 15.4. The van der Waals surface area contributed by atoms with Crippen LogP contribution in [0.2, 0.25) is 5.15 Å². The Labute approximate surface area is 195 Å². The highest BCUT2D eigenvalue weighted by molar-refractivity contribution is 6.33. The van der Waals surface area contributed by atoms with Crippen LogP contribution in [0.5, 0.6) is 0 Å². The van der Waals surface area contributed by atoms with Gasteiger partial charge in [0.2, 0.25) is 0 Å². The van der Waals surface area contributed by atoms with Gasteiger partial charge in [-0.2, -0.15) is 13.2 Å². The number of hydrogen-bond acceptors (Lipinski definition) is 3. The number of likely N-dealkylation sites (tertiary alicyclic amines) is 1. The van der Waals surface area contributed by atoms with Crippen molar-refractivity contribution >= 4 is 40.0 Å². The SMILES string of the molecule is O=C(O)C1CCN(C(=O)c2nc3c(C(F)(F)F)cc(-c4c[nH]c5ccccc45)cn3c2Cl)CC1. The molecule has 34 heavy (non-hydrogen) atoms. The van der Waals surface area contributed by atoms with Crippen molar-refractivity contribution in [2.45, 2.75) is 19.0 Å². The van der Waals surface area contributed by atoms with E-state index in [9.17, 15) is 22.8 Å². The Morgan fingerprint density at radius 3 is 2.56 bits per heavy atom. The van der Waals surface area contributed by atoms with Gasteiger partial charge in [0, 0.05) is 47.5 Å². The number of aliphatic carboxylic acids is 1. The summed E-state index contributed by atoms with van der Waals surface area (Å²) in [5, 5.41) is 9.66. The molecule has 0 unspecified atom stereocenters. The van der Waals surface area contributed by atoms with Crippen molar-refractivity contribution in [1.29, 1.82) is 0 Å². The average molecular weight is 491 g/mol. The lowest BCUT2D eigenvalue weighted by Gasteiger charge is -2.29. The van der Waals surface area contributed by atoms with Gasteiger partial charge in [-0.25, -0.2) is 4.98 Å². The number of H-pyrrole nitrogens is 1. The second-order valence-electron chi connectivity index (χ2n) is 8.24. The number of aromatic amines is 1. The van der Waals surface area contributed by atoms with Crippen molar-refractivity contribution in [3.8, 4) is 11.1 Å². The first-order valence-corrected chi connectivity index (χ1v) is 10.9. The zero-order valence-electron chi connectivity index (χ0n) is 17.6. The van der Waals surface area contributed by atoms with Gasteiger partial charge in [0.1, 0.15) is 5.15 Å². The van der Waals surface area contributed by atoms with Gasteiger partial charge in [-0.15, -0.1) is 0 Å². The third-order valence-corrected chi connectivity index (χ3v) is 6.56. The Morgan fingerprint density at radius 1 is 1.18 bits per heavy atom. The maximum Gasteiger partial charge on any atom is 0.420 e. The number of carboxylic acids is 1. The number of pyridine rings is 1. The number of alkyl halides is 3. The third kappa shape index (κ3) is 3.67. The van der Waals surface area contributed by atoms with Gasteiger partial charge in [-0.1, -0.05) is 29.8 Å². The number of amides is 1. The number of carboxylic acid groups (broad SMARTS) is 1. The van der Waals surface area contributed by atoms with E-state index in [1.165, 1.54) is 11.1 Å². The number of carbonyl (C=O) groups excluding carboxylic acids is 1. The summed E-state index contributed by atoms with van der Waals surface area (Å²) in [4.78, 5) is 32.6. The van der Waals surface area contributed by atoms with E-state index in [1.807, 2.05) is 12.1 Å². The number of benzene rings is 1. The molecule has 0 bridgehead atoms. The minimum Gasteiger partial charge on any atom is -0.481 e. The molecule has 4 heterocycles. The Balaban J connectivity index is 1.61. The molecule has 1 aliphatic heterocycles. The second kappa shape index (κ2) is 8.05. The predicted molar refractivity (Wildman–Crippen MR) is 119 cm³/mol. The fraction of sp³-hybridized carbons (Fsp3) is 0.261. The van der Waals surface area contributed by atoms with Crippen LogP contribution in [-0.4, -0.2) is 49.3 Å². The fourth-order valence-corrected chi connectivity index (χ4v) is 4.65. The molecule has 11 heteroatoms. The van der Waals surface area contributed by atoms with Gasteiger partial charge in [-0.3, -0.25) is 14.0 Å². The summed E-state index contributed by atoms with van der Waals surface area (Å²) in [5.41, 5.74) is -0.194. The molecule has 1 aliphatic rings. The maximum atomic E-state index is 14.0. The number of aromatic nitrogens is 3.